The Balaban J connectivity index is 1.86. The van der Waals surface area contributed by atoms with Crippen LogP contribution in [0.3, 0.4) is 0 Å². The van der Waals surface area contributed by atoms with E-state index in [0.29, 0.717) is 30.0 Å². The topological polar surface area (TPSA) is 49.9 Å². The molecular formula is C25H28N2O3. The molecule has 0 bridgehead atoms. The molecule has 156 valence electrons. The first-order chi connectivity index (χ1) is 14.3. The summed E-state index contributed by atoms with van der Waals surface area (Å²) in [4.78, 5) is 30.6. The van der Waals surface area contributed by atoms with Gasteiger partial charge in [0.05, 0.1) is 23.5 Å². The highest BCUT2D eigenvalue weighted by molar-refractivity contribution is 6.45. The van der Waals surface area contributed by atoms with E-state index in [4.69, 9.17) is 4.74 Å². The Morgan fingerprint density at radius 3 is 2.03 bits per heavy atom. The second-order valence-electron chi connectivity index (χ2n) is 8.49. The Labute approximate surface area is 177 Å². The van der Waals surface area contributed by atoms with Gasteiger partial charge in [-0.2, -0.15) is 0 Å². The summed E-state index contributed by atoms with van der Waals surface area (Å²) in [5.41, 5.74) is 5.57. The van der Waals surface area contributed by atoms with Gasteiger partial charge in [0.15, 0.2) is 0 Å². The molecular weight excluding hydrogens is 376 g/mol. The smallest absolute Gasteiger partial charge is 0.282 e. The molecule has 30 heavy (non-hydrogen) atoms. The normalized spacial score (nSPS) is 22.3. The molecule has 0 N–H and O–H groups in total. The van der Waals surface area contributed by atoms with Crippen LogP contribution in [0, 0.1) is 20.8 Å². The van der Waals surface area contributed by atoms with Crippen LogP contribution in [-0.4, -0.2) is 42.0 Å². The zero-order valence-corrected chi connectivity index (χ0v) is 18.2. The molecule has 2 amide bonds. The van der Waals surface area contributed by atoms with E-state index in [9.17, 15) is 9.59 Å². The van der Waals surface area contributed by atoms with Crippen LogP contribution in [0.5, 0.6) is 0 Å². The molecule has 2 unspecified atom stereocenters. The number of carbonyl (C=O) groups excluding carboxylic acids is 2. The van der Waals surface area contributed by atoms with Crippen molar-refractivity contribution in [2.75, 3.05) is 18.0 Å². The van der Waals surface area contributed by atoms with Crippen LogP contribution in [0.25, 0.3) is 5.57 Å². The second kappa shape index (κ2) is 7.73. The third-order valence-corrected chi connectivity index (χ3v) is 5.74. The van der Waals surface area contributed by atoms with Crippen molar-refractivity contribution in [2.45, 2.75) is 46.8 Å². The maximum atomic E-state index is 13.6. The van der Waals surface area contributed by atoms with Crippen LogP contribution < -0.4 is 4.90 Å². The van der Waals surface area contributed by atoms with Gasteiger partial charge in [-0.3, -0.25) is 9.59 Å². The minimum atomic E-state index is -0.266. The lowest BCUT2D eigenvalue weighted by Gasteiger charge is -2.37. The first-order valence-electron chi connectivity index (χ1n) is 10.4. The number of benzene rings is 2. The molecule has 0 aliphatic carbocycles. The molecule has 5 nitrogen and oxygen atoms in total. The molecule has 2 aromatic rings. The van der Waals surface area contributed by atoms with Crippen LogP contribution in [-0.2, 0) is 14.3 Å². The van der Waals surface area contributed by atoms with E-state index in [-0.39, 0.29) is 24.0 Å². The van der Waals surface area contributed by atoms with E-state index in [1.165, 1.54) is 4.90 Å². The molecule has 0 radical (unpaired) electrons. The first kappa shape index (κ1) is 20.4. The van der Waals surface area contributed by atoms with Crippen molar-refractivity contribution in [2.24, 2.45) is 0 Å². The SMILES string of the molecule is Cc1ccc(N2C(=O)C(c3ccc(C)cc3C)=C(N3CC(C)OC(C)C3)C2=O)cc1. The standard InChI is InChI=1S/C25H28N2O3/c1-15-6-9-20(10-7-15)27-24(28)22(21-11-8-16(2)12-17(21)3)23(25(27)29)26-13-18(4)30-19(5)14-26/h6-12,18-19H,13-14H2,1-5H3. The number of ether oxygens (including phenoxy) is 1. The summed E-state index contributed by atoms with van der Waals surface area (Å²) in [7, 11) is 0. The molecule has 0 saturated carbocycles. The average Bonchev–Trinajstić information content (AvgIpc) is 2.92. The number of rotatable bonds is 3. The molecule has 2 heterocycles. The van der Waals surface area contributed by atoms with Gasteiger partial charge in [-0.15, -0.1) is 0 Å². The third-order valence-electron chi connectivity index (χ3n) is 5.74. The van der Waals surface area contributed by atoms with E-state index < -0.39 is 0 Å². The summed E-state index contributed by atoms with van der Waals surface area (Å²) >= 11 is 0. The fourth-order valence-corrected chi connectivity index (χ4v) is 4.44. The number of amides is 2. The van der Waals surface area contributed by atoms with Gasteiger partial charge in [-0.05, 0) is 57.9 Å². The molecule has 4 rings (SSSR count). The first-order valence-corrected chi connectivity index (χ1v) is 10.4. The number of morpholine rings is 1. The lowest BCUT2D eigenvalue weighted by Crippen LogP contribution is -2.47. The number of carbonyl (C=O) groups is 2. The summed E-state index contributed by atoms with van der Waals surface area (Å²) in [6.45, 7) is 11.2. The van der Waals surface area contributed by atoms with Crippen molar-refractivity contribution in [3.8, 4) is 0 Å². The zero-order valence-electron chi connectivity index (χ0n) is 18.2. The molecule has 1 fully saturated rings. The highest BCUT2D eigenvalue weighted by atomic mass is 16.5. The minimum Gasteiger partial charge on any atom is -0.372 e. The number of hydrogen-bond acceptors (Lipinski definition) is 4. The summed E-state index contributed by atoms with van der Waals surface area (Å²) in [6.07, 6.45) is -0.0316. The van der Waals surface area contributed by atoms with E-state index in [2.05, 4.69) is 6.07 Å². The van der Waals surface area contributed by atoms with Gasteiger partial charge < -0.3 is 9.64 Å². The molecule has 2 aromatic carbocycles. The predicted octanol–water partition coefficient (Wildman–Crippen LogP) is 4.01. The van der Waals surface area contributed by atoms with Gasteiger partial charge >= 0.3 is 0 Å². The van der Waals surface area contributed by atoms with E-state index in [1.807, 2.05) is 75.9 Å². The lowest BCUT2D eigenvalue weighted by atomic mass is 9.97. The van der Waals surface area contributed by atoms with Gasteiger partial charge in [-0.25, -0.2) is 4.90 Å². The number of aryl methyl sites for hydroxylation is 3. The Morgan fingerprint density at radius 2 is 1.43 bits per heavy atom. The molecule has 2 atom stereocenters. The van der Waals surface area contributed by atoms with Crippen molar-refractivity contribution in [1.29, 1.82) is 0 Å². The van der Waals surface area contributed by atoms with Crippen LogP contribution in [0.15, 0.2) is 48.2 Å². The molecule has 0 spiro atoms. The summed E-state index contributed by atoms with van der Waals surface area (Å²) < 4.78 is 5.87. The molecule has 1 saturated heterocycles. The summed E-state index contributed by atoms with van der Waals surface area (Å²) in [5.74, 6) is -0.530. The van der Waals surface area contributed by atoms with Gasteiger partial charge in [-0.1, -0.05) is 41.5 Å². The fraction of sp³-hybridized carbons (Fsp3) is 0.360. The Kier molecular flexibility index (Phi) is 5.24. The van der Waals surface area contributed by atoms with Crippen molar-refractivity contribution in [1.82, 2.24) is 4.90 Å². The van der Waals surface area contributed by atoms with Gasteiger partial charge in [0.1, 0.15) is 5.70 Å². The molecule has 5 heteroatoms. The van der Waals surface area contributed by atoms with Crippen molar-refractivity contribution in [3.05, 3.63) is 70.4 Å². The number of anilines is 1. The summed E-state index contributed by atoms with van der Waals surface area (Å²) in [5, 5.41) is 0. The van der Waals surface area contributed by atoms with Crippen LogP contribution in [0.2, 0.25) is 0 Å². The molecule has 0 aromatic heterocycles. The third kappa shape index (κ3) is 3.54. The van der Waals surface area contributed by atoms with E-state index in [0.717, 1.165) is 22.3 Å². The maximum absolute atomic E-state index is 13.6. The summed E-state index contributed by atoms with van der Waals surface area (Å²) in [6, 6.07) is 13.5. The van der Waals surface area contributed by atoms with Crippen molar-refractivity contribution >= 4 is 23.1 Å². The highest BCUT2D eigenvalue weighted by Crippen LogP contribution is 2.37. The fourth-order valence-electron chi connectivity index (χ4n) is 4.44. The molecule has 2 aliphatic rings. The predicted molar refractivity (Wildman–Crippen MR) is 118 cm³/mol. The highest BCUT2D eigenvalue weighted by Gasteiger charge is 2.44. The van der Waals surface area contributed by atoms with E-state index >= 15 is 0 Å². The Morgan fingerprint density at radius 1 is 0.833 bits per heavy atom. The van der Waals surface area contributed by atoms with Gasteiger partial charge in [0.25, 0.3) is 11.8 Å². The second-order valence-corrected chi connectivity index (χ2v) is 8.49. The Bertz CT molecular complexity index is 1030. The van der Waals surface area contributed by atoms with E-state index in [1.54, 1.807) is 0 Å². The molecule has 2 aliphatic heterocycles. The number of imide groups is 1. The average molecular weight is 405 g/mol. The van der Waals surface area contributed by atoms with Gasteiger partial charge in [0.2, 0.25) is 0 Å². The number of nitrogens with zero attached hydrogens (tertiary/aromatic N) is 2. The van der Waals surface area contributed by atoms with Crippen LogP contribution >= 0.6 is 0 Å². The monoisotopic (exact) mass is 404 g/mol. The largest absolute Gasteiger partial charge is 0.372 e. The quantitative estimate of drug-likeness (QED) is 0.726. The Hall–Kier alpha value is -2.92. The van der Waals surface area contributed by atoms with Crippen molar-refractivity contribution < 1.29 is 14.3 Å². The van der Waals surface area contributed by atoms with Crippen molar-refractivity contribution in [3.63, 3.8) is 0 Å². The zero-order chi connectivity index (χ0) is 21.6. The van der Waals surface area contributed by atoms with Gasteiger partial charge in [0, 0.05) is 13.1 Å². The maximum Gasteiger partial charge on any atom is 0.282 e. The lowest BCUT2D eigenvalue weighted by molar-refractivity contribution is -0.121. The number of hydrogen-bond donors (Lipinski definition) is 0. The van der Waals surface area contributed by atoms with Crippen LogP contribution in [0.1, 0.15) is 36.1 Å². The minimum absolute atomic E-state index is 0.0158. The van der Waals surface area contributed by atoms with Crippen LogP contribution in [0.4, 0.5) is 5.69 Å².